The molecule has 130 valence electrons. The molecule has 0 radical (unpaired) electrons. The number of aromatic nitrogens is 2. The van der Waals surface area contributed by atoms with Crippen LogP contribution in [0.15, 0.2) is 58.5 Å². The highest BCUT2D eigenvalue weighted by atomic mass is 32.2. The highest BCUT2D eigenvalue weighted by Gasteiger charge is 2.30. The van der Waals surface area contributed by atoms with Crippen molar-refractivity contribution in [2.75, 3.05) is 0 Å². The monoisotopic (exact) mass is 364 g/mol. The minimum absolute atomic E-state index is 0.139. The van der Waals surface area contributed by atoms with E-state index in [1.165, 1.54) is 17.8 Å². The lowest BCUT2D eigenvalue weighted by Gasteiger charge is -2.12. The first-order chi connectivity index (χ1) is 11.9. The number of rotatable bonds is 4. The number of halogens is 3. The second-order valence-corrected chi connectivity index (χ2v) is 6.39. The summed E-state index contributed by atoms with van der Waals surface area (Å²) in [5, 5.41) is 1.04. The molecule has 0 saturated carbocycles. The summed E-state index contributed by atoms with van der Waals surface area (Å²) in [6, 6.07) is 12.3. The van der Waals surface area contributed by atoms with Gasteiger partial charge in [-0.25, -0.2) is 4.98 Å². The summed E-state index contributed by atoms with van der Waals surface area (Å²) in [5.74, 6) is 0.300. The zero-order valence-electron chi connectivity index (χ0n) is 13.4. The Morgan fingerprint density at radius 1 is 1.12 bits per heavy atom. The van der Waals surface area contributed by atoms with Crippen LogP contribution < -0.4 is 5.56 Å². The maximum absolute atomic E-state index is 12.8. The van der Waals surface area contributed by atoms with Crippen LogP contribution in [0.1, 0.15) is 18.1 Å². The Kier molecular flexibility index (Phi) is 4.85. The number of nitrogens with zero attached hydrogens (tertiary/aromatic N) is 2. The molecule has 0 aliphatic rings. The highest BCUT2D eigenvalue weighted by Crippen LogP contribution is 2.31. The first-order valence-corrected chi connectivity index (χ1v) is 8.67. The number of alkyl halides is 3. The van der Waals surface area contributed by atoms with Gasteiger partial charge in [0.05, 0.1) is 16.5 Å². The van der Waals surface area contributed by atoms with Crippen molar-refractivity contribution in [3.63, 3.8) is 0 Å². The largest absolute Gasteiger partial charge is 0.416 e. The third-order valence-electron chi connectivity index (χ3n) is 3.77. The molecule has 0 N–H and O–H groups in total. The van der Waals surface area contributed by atoms with Crippen LogP contribution in [0.5, 0.6) is 0 Å². The van der Waals surface area contributed by atoms with Crippen LogP contribution in [-0.4, -0.2) is 9.55 Å². The van der Waals surface area contributed by atoms with Gasteiger partial charge in [-0.05, 0) is 30.7 Å². The Morgan fingerprint density at radius 3 is 2.60 bits per heavy atom. The van der Waals surface area contributed by atoms with Crippen molar-refractivity contribution in [2.45, 2.75) is 30.6 Å². The molecule has 1 aromatic heterocycles. The summed E-state index contributed by atoms with van der Waals surface area (Å²) in [6.45, 7) is 2.29. The van der Waals surface area contributed by atoms with Gasteiger partial charge in [-0.1, -0.05) is 42.1 Å². The summed E-state index contributed by atoms with van der Waals surface area (Å²) >= 11 is 1.26. The molecule has 7 heteroatoms. The van der Waals surface area contributed by atoms with E-state index in [0.29, 0.717) is 33.9 Å². The lowest BCUT2D eigenvalue weighted by molar-refractivity contribution is -0.137. The minimum Gasteiger partial charge on any atom is -0.287 e. The Balaban J connectivity index is 1.92. The Hall–Kier alpha value is -2.28. The third kappa shape index (κ3) is 3.71. The summed E-state index contributed by atoms with van der Waals surface area (Å²) in [6.07, 6.45) is -4.37. The topological polar surface area (TPSA) is 34.9 Å². The minimum atomic E-state index is -4.37. The first-order valence-electron chi connectivity index (χ1n) is 7.68. The van der Waals surface area contributed by atoms with E-state index in [2.05, 4.69) is 4.98 Å². The van der Waals surface area contributed by atoms with Crippen LogP contribution in [0.2, 0.25) is 0 Å². The van der Waals surface area contributed by atoms with Crippen LogP contribution in [-0.2, 0) is 18.5 Å². The normalized spacial score (nSPS) is 11.8. The predicted molar refractivity (Wildman–Crippen MR) is 92.7 cm³/mol. The Labute approximate surface area is 146 Å². The highest BCUT2D eigenvalue weighted by molar-refractivity contribution is 7.98. The van der Waals surface area contributed by atoms with E-state index < -0.39 is 11.7 Å². The molecule has 0 aliphatic carbocycles. The zero-order valence-corrected chi connectivity index (χ0v) is 14.2. The molecular weight excluding hydrogens is 349 g/mol. The van der Waals surface area contributed by atoms with Gasteiger partial charge in [0.25, 0.3) is 5.56 Å². The molecule has 3 nitrogen and oxygen atoms in total. The summed E-state index contributed by atoms with van der Waals surface area (Å²) in [5.41, 5.74) is 0.304. The van der Waals surface area contributed by atoms with Gasteiger partial charge in [0, 0.05) is 12.3 Å². The molecule has 3 aromatic rings. The predicted octanol–water partition coefficient (Wildman–Crippen LogP) is 4.73. The van der Waals surface area contributed by atoms with E-state index in [1.807, 2.05) is 6.92 Å². The number of para-hydroxylation sites is 1. The van der Waals surface area contributed by atoms with Gasteiger partial charge in [0.1, 0.15) is 0 Å². The molecule has 0 bridgehead atoms. The van der Waals surface area contributed by atoms with Gasteiger partial charge < -0.3 is 0 Å². The van der Waals surface area contributed by atoms with Crippen molar-refractivity contribution < 1.29 is 13.2 Å². The van der Waals surface area contributed by atoms with Gasteiger partial charge in [0.15, 0.2) is 5.16 Å². The van der Waals surface area contributed by atoms with E-state index in [-0.39, 0.29) is 5.56 Å². The second-order valence-electron chi connectivity index (χ2n) is 5.45. The number of benzene rings is 2. The Bertz CT molecular complexity index is 966. The van der Waals surface area contributed by atoms with E-state index in [9.17, 15) is 18.0 Å². The molecule has 0 amide bonds. The van der Waals surface area contributed by atoms with Crippen molar-refractivity contribution >= 4 is 22.7 Å². The SMILES string of the molecule is CCn1c(SCc2cccc(C(F)(F)F)c2)nc2ccccc2c1=O. The van der Waals surface area contributed by atoms with Gasteiger partial charge in [-0.15, -0.1) is 0 Å². The molecular formula is C18H15F3N2OS. The molecule has 0 aliphatic heterocycles. The average molecular weight is 364 g/mol. The average Bonchev–Trinajstić information content (AvgIpc) is 2.60. The van der Waals surface area contributed by atoms with Gasteiger partial charge in [-0.2, -0.15) is 13.2 Å². The molecule has 0 saturated heterocycles. The molecule has 0 spiro atoms. The fourth-order valence-corrected chi connectivity index (χ4v) is 3.53. The van der Waals surface area contributed by atoms with Gasteiger partial charge >= 0.3 is 6.18 Å². The molecule has 0 atom stereocenters. The number of hydrogen-bond acceptors (Lipinski definition) is 3. The third-order valence-corrected chi connectivity index (χ3v) is 4.81. The van der Waals surface area contributed by atoms with Crippen molar-refractivity contribution in [2.24, 2.45) is 0 Å². The summed E-state index contributed by atoms with van der Waals surface area (Å²) in [7, 11) is 0. The summed E-state index contributed by atoms with van der Waals surface area (Å²) < 4.78 is 40.0. The van der Waals surface area contributed by atoms with Crippen molar-refractivity contribution in [3.8, 4) is 0 Å². The van der Waals surface area contributed by atoms with Crippen molar-refractivity contribution in [3.05, 3.63) is 70.0 Å². The van der Waals surface area contributed by atoms with Crippen molar-refractivity contribution in [1.29, 1.82) is 0 Å². The maximum Gasteiger partial charge on any atom is 0.416 e. The molecule has 2 aromatic carbocycles. The fraction of sp³-hybridized carbons (Fsp3) is 0.222. The molecule has 1 heterocycles. The number of thioether (sulfide) groups is 1. The van der Waals surface area contributed by atoms with Gasteiger partial charge in [0.2, 0.25) is 0 Å². The van der Waals surface area contributed by atoms with E-state index in [1.54, 1.807) is 34.9 Å². The van der Waals surface area contributed by atoms with Gasteiger partial charge in [-0.3, -0.25) is 9.36 Å². The van der Waals surface area contributed by atoms with Crippen LogP contribution in [0.25, 0.3) is 10.9 Å². The Morgan fingerprint density at radius 2 is 1.88 bits per heavy atom. The second kappa shape index (κ2) is 6.92. The standard InChI is InChI=1S/C18H15F3N2OS/c1-2-23-16(24)14-8-3-4-9-15(14)22-17(23)25-11-12-6-5-7-13(10-12)18(19,20)21/h3-10H,2,11H2,1H3. The fourth-order valence-electron chi connectivity index (χ4n) is 2.52. The smallest absolute Gasteiger partial charge is 0.287 e. The van der Waals surface area contributed by atoms with Crippen LogP contribution >= 0.6 is 11.8 Å². The van der Waals surface area contributed by atoms with E-state index >= 15 is 0 Å². The molecule has 25 heavy (non-hydrogen) atoms. The molecule has 0 unspecified atom stereocenters. The van der Waals surface area contributed by atoms with Crippen LogP contribution in [0.3, 0.4) is 0 Å². The lowest BCUT2D eigenvalue weighted by atomic mass is 10.1. The first kappa shape index (κ1) is 17.5. The zero-order chi connectivity index (χ0) is 18.0. The lowest BCUT2D eigenvalue weighted by Crippen LogP contribution is -2.22. The van der Waals surface area contributed by atoms with Crippen LogP contribution in [0, 0.1) is 0 Å². The quantitative estimate of drug-likeness (QED) is 0.496. The number of fused-ring (bicyclic) bond motifs is 1. The number of hydrogen-bond donors (Lipinski definition) is 0. The molecule has 0 fully saturated rings. The van der Waals surface area contributed by atoms with E-state index in [0.717, 1.165) is 12.1 Å². The summed E-state index contributed by atoms with van der Waals surface area (Å²) in [4.78, 5) is 17.0. The van der Waals surface area contributed by atoms with Crippen molar-refractivity contribution in [1.82, 2.24) is 9.55 Å². The maximum atomic E-state index is 12.8. The van der Waals surface area contributed by atoms with Crippen LogP contribution in [0.4, 0.5) is 13.2 Å². The molecule has 3 rings (SSSR count). The van der Waals surface area contributed by atoms with E-state index in [4.69, 9.17) is 0 Å².